The third-order valence-electron chi connectivity index (χ3n) is 3.49. The maximum absolute atomic E-state index is 12.0. The molecule has 1 aliphatic rings. The van der Waals surface area contributed by atoms with Gasteiger partial charge in [0.15, 0.2) is 5.12 Å². The van der Waals surface area contributed by atoms with E-state index in [0.717, 1.165) is 39.2 Å². The molecule has 0 aromatic heterocycles. The lowest BCUT2D eigenvalue weighted by Crippen LogP contribution is -2.38. The van der Waals surface area contributed by atoms with E-state index in [-0.39, 0.29) is 23.5 Å². The summed E-state index contributed by atoms with van der Waals surface area (Å²) < 4.78 is 0. The first-order chi connectivity index (χ1) is 12.5. The predicted octanol–water partition coefficient (Wildman–Crippen LogP) is 3.00. The van der Waals surface area contributed by atoms with Crippen LogP contribution in [0.5, 0.6) is 0 Å². The zero-order valence-corrected chi connectivity index (χ0v) is 17.6. The van der Waals surface area contributed by atoms with Gasteiger partial charge in [-0.3, -0.25) is 14.4 Å². The molecule has 158 valence electrons. The smallest absolute Gasteiger partial charge is 0.300 e. The lowest BCUT2D eigenvalue weighted by molar-refractivity contribution is -0.757. The van der Waals surface area contributed by atoms with Crippen LogP contribution in [-0.4, -0.2) is 57.0 Å². The molecule has 0 radical (unpaired) electrons. The molecule has 0 spiro atoms. The Bertz CT molecular complexity index is 470. The normalized spacial score (nSPS) is 16.2. The van der Waals surface area contributed by atoms with Crippen molar-refractivity contribution >= 4 is 28.8 Å². The monoisotopic (exact) mass is 408 g/mol. The molecule has 1 unspecified atom stereocenters. The zero-order valence-electron chi connectivity index (χ0n) is 16.8. The maximum atomic E-state index is 12.0. The van der Waals surface area contributed by atoms with Crippen molar-refractivity contribution in [2.75, 3.05) is 18.9 Å². The van der Waals surface area contributed by atoms with Gasteiger partial charge in [0.25, 0.3) is 11.1 Å². The molecule has 9 nitrogen and oxygen atoms in total. The number of carbonyl (C=O) groups is 3. The average molecular weight is 409 g/mol. The number of rotatable bonds is 7. The molecule has 1 aliphatic heterocycles. The third-order valence-corrected chi connectivity index (χ3v) is 4.56. The summed E-state index contributed by atoms with van der Waals surface area (Å²) in [5, 5.41) is 16.2. The lowest BCUT2D eigenvalue weighted by atomic mass is 10.1. The molecule has 10 heteroatoms. The molecule has 2 atom stereocenters. The van der Waals surface area contributed by atoms with E-state index in [4.69, 9.17) is 9.90 Å². The first kappa shape index (κ1) is 27.4. The molecule has 1 saturated heterocycles. The molecule has 0 saturated carbocycles. The van der Waals surface area contributed by atoms with Crippen molar-refractivity contribution in [2.24, 2.45) is 5.92 Å². The first-order valence-corrected chi connectivity index (χ1v) is 9.92. The Balaban J connectivity index is 0. The average Bonchev–Trinajstić information content (AvgIpc) is 2.98. The van der Waals surface area contributed by atoms with Crippen LogP contribution in [0, 0.1) is 16.0 Å². The molecule has 1 heterocycles. The fourth-order valence-corrected chi connectivity index (χ4v) is 2.77. The second kappa shape index (κ2) is 16.3. The molecule has 0 aromatic carbocycles. The van der Waals surface area contributed by atoms with Crippen molar-refractivity contribution in [3.05, 3.63) is 10.1 Å². The van der Waals surface area contributed by atoms with Crippen molar-refractivity contribution in [2.45, 2.75) is 66.3 Å². The van der Waals surface area contributed by atoms with E-state index in [9.17, 15) is 19.7 Å². The molecule has 1 N–H and O–H groups in total. The van der Waals surface area contributed by atoms with E-state index >= 15 is 0 Å². The Labute approximate surface area is 164 Å². The summed E-state index contributed by atoms with van der Waals surface area (Å²) in [6.45, 7) is 9.68. The van der Waals surface area contributed by atoms with Crippen LogP contribution in [-0.2, 0) is 19.2 Å². The number of amides is 1. The summed E-state index contributed by atoms with van der Waals surface area (Å²) in [5.41, 5.74) is 0. The summed E-state index contributed by atoms with van der Waals surface area (Å²) >= 11 is 1.24. The summed E-state index contributed by atoms with van der Waals surface area (Å²) in [6.07, 6.45) is 3.90. The number of aliphatic carboxylic acids is 1. The highest BCUT2D eigenvalue weighted by molar-refractivity contribution is 8.13. The highest BCUT2D eigenvalue weighted by atomic mass is 32.2. The Kier molecular flexibility index (Phi) is 16.6. The molecular formula is C17H32N2O7S. The minimum absolute atomic E-state index is 0.0422. The van der Waals surface area contributed by atoms with E-state index in [2.05, 4.69) is 11.8 Å². The molecule has 0 bridgehead atoms. The number of carboxylic acids is 1. The van der Waals surface area contributed by atoms with Crippen LogP contribution >= 0.6 is 11.8 Å². The first-order valence-electron chi connectivity index (χ1n) is 8.93. The van der Waals surface area contributed by atoms with Crippen molar-refractivity contribution in [1.29, 1.82) is 0 Å². The van der Waals surface area contributed by atoms with Gasteiger partial charge in [0.05, 0.1) is 6.61 Å². The number of carboxylic acid groups (broad SMARTS) is 1. The number of hydrogen-bond donors (Lipinski definition) is 1. The topological polar surface area (TPSA) is 127 Å². The van der Waals surface area contributed by atoms with Crippen LogP contribution in [0.4, 0.5) is 0 Å². The van der Waals surface area contributed by atoms with Gasteiger partial charge >= 0.3 is 0 Å². The molecule has 0 aliphatic carbocycles. The maximum Gasteiger partial charge on any atom is 0.300 e. The van der Waals surface area contributed by atoms with Gasteiger partial charge in [0, 0.05) is 38.1 Å². The predicted molar refractivity (Wildman–Crippen MR) is 104 cm³/mol. The van der Waals surface area contributed by atoms with Gasteiger partial charge in [-0.25, -0.2) is 0 Å². The largest absolute Gasteiger partial charge is 0.481 e. The van der Waals surface area contributed by atoms with Crippen LogP contribution < -0.4 is 0 Å². The van der Waals surface area contributed by atoms with E-state index in [1.165, 1.54) is 11.8 Å². The van der Waals surface area contributed by atoms with Crippen LogP contribution in [0.3, 0.4) is 0 Å². The Morgan fingerprint density at radius 1 is 1.37 bits per heavy atom. The number of unbranched alkanes of at least 4 members (excludes halogenated alkanes) is 1. The second-order valence-electron chi connectivity index (χ2n) is 6.16. The van der Waals surface area contributed by atoms with Gasteiger partial charge < -0.3 is 14.8 Å². The summed E-state index contributed by atoms with van der Waals surface area (Å²) in [4.78, 5) is 47.2. The number of carbonyl (C=O) groups excluding carboxylic acids is 2. The van der Waals surface area contributed by atoms with Crippen LogP contribution in [0.2, 0.25) is 0 Å². The minimum atomic E-state index is -0.833. The zero-order chi connectivity index (χ0) is 21.4. The highest BCUT2D eigenvalue weighted by Gasteiger charge is 2.28. The second-order valence-corrected chi connectivity index (χ2v) is 7.35. The summed E-state index contributed by atoms with van der Waals surface area (Å²) in [6, 6.07) is 0.377. The Morgan fingerprint density at radius 3 is 2.30 bits per heavy atom. The fraction of sp³-hybridized carbons (Fsp3) is 0.824. The molecule has 1 fully saturated rings. The minimum Gasteiger partial charge on any atom is -0.481 e. The quantitative estimate of drug-likeness (QED) is 0.387. The van der Waals surface area contributed by atoms with Crippen molar-refractivity contribution in [1.82, 2.24) is 4.90 Å². The molecule has 1 rings (SSSR count). The summed E-state index contributed by atoms with van der Waals surface area (Å²) in [7, 11) is 0. The molecule has 0 aromatic rings. The van der Waals surface area contributed by atoms with E-state index < -0.39 is 11.1 Å². The SMILES string of the molecule is CC(=O)O.CC(=O)SC[C@@H](C)C(=O)N1CCCC1C.CCCCO[N+](=O)[O-]. The van der Waals surface area contributed by atoms with Gasteiger partial charge in [-0.1, -0.05) is 32.0 Å². The number of thioether (sulfide) groups is 1. The standard InChI is InChI=1S/C11H19NO2S.C4H9NO3.C2H4O2/c1-8(7-15-10(3)13)11(14)12-6-4-5-9(12)2;1-2-3-4-8-5(6)7;1-2(3)4/h8-9H,4-7H2,1-3H3;2-4H2,1H3;1H3,(H,3,4)/t8-,9?;;/m1../s1. The van der Waals surface area contributed by atoms with Crippen LogP contribution in [0.25, 0.3) is 0 Å². The molecular weight excluding hydrogens is 376 g/mol. The van der Waals surface area contributed by atoms with Crippen LogP contribution in [0.15, 0.2) is 0 Å². The van der Waals surface area contributed by atoms with E-state index in [1.807, 2.05) is 18.7 Å². The van der Waals surface area contributed by atoms with E-state index in [0.29, 0.717) is 11.8 Å². The number of nitrogens with zero attached hydrogens (tertiary/aromatic N) is 2. The molecule has 1 amide bonds. The van der Waals surface area contributed by atoms with Gasteiger partial charge in [-0.2, -0.15) is 0 Å². The van der Waals surface area contributed by atoms with Crippen molar-refractivity contribution in [3.8, 4) is 0 Å². The fourth-order valence-electron chi connectivity index (χ4n) is 2.14. The number of hydrogen-bond acceptors (Lipinski definition) is 7. The van der Waals surface area contributed by atoms with Gasteiger partial charge in [-0.15, -0.1) is 10.1 Å². The Hall–Kier alpha value is -1.84. The highest BCUT2D eigenvalue weighted by Crippen LogP contribution is 2.20. The van der Waals surface area contributed by atoms with Crippen LogP contribution in [0.1, 0.15) is 60.3 Å². The van der Waals surface area contributed by atoms with Gasteiger partial charge in [0.2, 0.25) is 5.91 Å². The third kappa shape index (κ3) is 17.3. The van der Waals surface area contributed by atoms with Crippen molar-refractivity contribution < 1.29 is 29.4 Å². The van der Waals surface area contributed by atoms with Crippen molar-refractivity contribution in [3.63, 3.8) is 0 Å². The van der Waals surface area contributed by atoms with Gasteiger partial charge in [0.1, 0.15) is 0 Å². The number of likely N-dealkylation sites (tertiary alicyclic amines) is 1. The molecule has 27 heavy (non-hydrogen) atoms. The van der Waals surface area contributed by atoms with Gasteiger partial charge in [-0.05, 0) is 26.2 Å². The Morgan fingerprint density at radius 2 is 1.93 bits per heavy atom. The lowest BCUT2D eigenvalue weighted by Gasteiger charge is -2.24. The van der Waals surface area contributed by atoms with E-state index in [1.54, 1.807) is 6.92 Å². The summed E-state index contributed by atoms with van der Waals surface area (Å²) in [5.74, 6) is -0.0644.